The van der Waals surface area contributed by atoms with Crippen molar-refractivity contribution in [3.8, 4) is 5.75 Å². The Hall–Kier alpha value is -3.27. The molecule has 1 aliphatic rings. The highest BCUT2D eigenvalue weighted by molar-refractivity contribution is 5.89. The number of hydrogen-bond donors (Lipinski definition) is 2. The molecule has 0 bridgehead atoms. The van der Waals surface area contributed by atoms with Crippen molar-refractivity contribution < 1.29 is 37.3 Å². The molecule has 7 nitrogen and oxygen atoms in total. The second-order valence-electron chi connectivity index (χ2n) is 9.44. The van der Waals surface area contributed by atoms with E-state index in [0.29, 0.717) is 24.8 Å². The molecule has 1 atom stereocenters. The van der Waals surface area contributed by atoms with Gasteiger partial charge in [0.25, 0.3) is 0 Å². The molecule has 208 valence electrons. The first-order valence-electron chi connectivity index (χ1n) is 12.9. The molecule has 1 unspecified atom stereocenters. The van der Waals surface area contributed by atoms with E-state index in [2.05, 4.69) is 5.32 Å². The molecule has 0 radical (unpaired) electrons. The fraction of sp³-hybridized carbons (Fsp3) is 0.500. The summed E-state index contributed by atoms with van der Waals surface area (Å²) in [5.74, 6) is -0.121. The number of carbonyl (C=O) groups excluding carboxylic acids is 1. The molecule has 1 fully saturated rings. The van der Waals surface area contributed by atoms with Gasteiger partial charge in [-0.15, -0.1) is 0 Å². The molecule has 10 heteroatoms. The predicted octanol–water partition coefficient (Wildman–Crippen LogP) is 6.23. The SMILES string of the molecule is CCOC(Cc1ccc(OCCN(CC2CCCCC2)C(=O)Nc2cccc(C(F)(F)F)c2)cc1)C(=O)O. The Labute approximate surface area is 220 Å². The minimum Gasteiger partial charge on any atom is -0.492 e. The summed E-state index contributed by atoms with van der Waals surface area (Å²) in [6, 6.07) is 11.1. The van der Waals surface area contributed by atoms with E-state index in [0.717, 1.165) is 43.4 Å². The number of anilines is 1. The van der Waals surface area contributed by atoms with Crippen LogP contribution in [0.15, 0.2) is 48.5 Å². The van der Waals surface area contributed by atoms with Crippen LogP contribution in [0.1, 0.15) is 50.2 Å². The lowest BCUT2D eigenvalue weighted by Gasteiger charge is -2.30. The molecule has 1 saturated carbocycles. The third-order valence-corrected chi connectivity index (χ3v) is 6.55. The lowest BCUT2D eigenvalue weighted by molar-refractivity contribution is -0.150. The highest BCUT2D eigenvalue weighted by atomic mass is 19.4. The standard InChI is InChI=1S/C28H35F3N2O5/c1-2-37-25(26(34)35)17-20-11-13-24(14-12-20)38-16-15-33(19-21-7-4-3-5-8-21)27(36)32-23-10-6-9-22(18-23)28(29,30)31/h6,9-14,18,21,25H,2-5,7-8,15-17,19H2,1H3,(H,32,36)(H,34,35). The van der Waals surface area contributed by atoms with Crippen LogP contribution in [-0.2, 0) is 22.1 Å². The molecule has 2 aromatic rings. The molecule has 0 spiro atoms. The smallest absolute Gasteiger partial charge is 0.416 e. The quantitative estimate of drug-likeness (QED) is 0.336. The summed E-state index contributed by atoms with van der Waals surface area (Å²) in [6.07, 6.45) is 0.201. The molecular weight excluding hydrogens is 501 g/mol. The number of ether oxygens (including phenoxy) is 2. The van der Waals surface area contributed by atoms with E-state index in [1.807, 2.05) is 0 Å². The molecule has 2 amide bonds. The summed E-state index contributed by atoms with van der Waals surface area (Å²) < 4.78 is 50.3. The van der Waals surface area contributed by atoms with E-state index < -0.39 is 29.8 Å². The van der Waals surface area contributed by atoms with Crippen molar-refractivity contribution in [3.63, 3.8) is 0 Å². The fourth-order valence-corrected chi connectivity index (χ4v) is 4.56. The fourth-order valence-electron chi connectivity index (χ4n) is 4.56. The average Bonchev–Trinajstić information content (AvgIpc) is 2.89. The summed E-state index contributed by atoms with van der Waals surface area (Å²) in [5, 5.41) is 11.9. The highest BCUT2D eigenvalue weighted by Gasteiger charge is 2.30. The topological polar surface area (TPSA) is 88.1 Å². The number of amides is 2. The Balaban J connectivity index is 1.60. The van der Waals surface area contributed by atoms with Crippen molar-refractivity contribution in [2.24, 2.45) is 5.92 Å². The van der Waals surface area contributed by atoms with E-state index in [-0.39, 0.29) is 25.3 Å². The maximum atomic E-state index is 13.1. The third kappa shape index (κ3) is 9.24. The van der Waals surface area contributed by atoms with Crippen LogP contribution in [0.25, 0.3) is 0 Å². The van der Waals surface area contributed by atoms with E-state index in [4.69, 9.17) is 9.47 Å². The Morgan fingerprint density at radius 3 is 2.45 bits per heavy atom. The van der Waals surface area contributed by atoms with Crippen LogP contribution in [-0.4, -0.2) is 54.4 Å². The van der Waals surface area contributed by atoms with Crippen molar-refractivity contribution >= 4 is 17.7 Å². The Morgan fingerprint density at radius 1 is 1.11 bits per heavy atom. The van der Waals surface area contributed by atoms with Crippen molar-refractivity contribution in [3.05, 3.63) is 59.7 Å². The first-order chi connectivity index (χ1) is 18.2. The van der Waals surface area contributed by atoms with Crippen molar-refractivity contribution in [2.45, 2.75) is 57.7 Å². The number of nitrogens with one attached hydrogen (secondary N) is 1. The van der Waals surface area contributed by atoms with E-state index in [1.54, 1.807) is 36.1 Å². The summed E-state index contributed by atoms with van der Waals surface area (Å²) in [6.45, 7) is 3.00. The van der Waals surface area contributed by atoms with Gasteiger partial charge < -0.3 is 24.8 Å². The Bertz CT molecular complexity index is 1040. The number of aliphatic carboxylic acids is 1. The number of rotatable bonds is 12. The zero-order chi connectivity index (χ0) is 27.5. The number of carbonyl (C=O) groups is 2. The lowest BCUT2D eigenvalue weighted by atomic mass is 9.89. The number of hydrogen-bond acceptors (Lipinski definition) is 4. The first kappa shape index (κ1) is 29.3. The summed E-state index contributed by atoms with van der Waals surface area (Å²) in [5.41, 5.74) is 0.0520. The number of halogens is 3. The molecule has 0 aromatic heterocycles. The van der Waals surface area contributed by atoms with Crippen molar-refractivity contribution in [1.29, 1.82) is 0 Å². The number of benzene rings is 2. The van der Waals surface area contributed by atoms with Crippen LogP contribution in [0.5, 0.6) is 5.75 Å². The van der Waals surface area contributed by atoms with Crippen LogP contribution in [0.2, 0.25) is 0 Å². The Morgan fingerprint density at radius 2 is 1.82 bits per heavy atom. The minimum atomic E-state index is -4.50. The minimum absolute atomic E-state index is 0.0849. The molecule has 2 N–H and O–H groups in total. The zero-order valence-corrected chi connectivity index (χ0v) is 21.5. The van der Waals surface area contributed by atoms with E-state index in [9.17, 15) is 27.9 Å². The largest absolute Gasteiger partial charge is 0.492 e. The highest BCUT2D eigenvalue weighted by Crippen LogP contribution is 2.31. The second-order valence-corrected chi connectivity index (χ2v) is 9.44. The number of carboxylic acids is 1. The number of alkyl halides is 3. The maximum Gasteiger partial charge on any atom is 0.416 e. The van der Waals surface area contributed by atoms with Crippen LogP contribution in [0.3, 0.4) is 0 Å². The molecule has 3 rings (SSSR count). The van der Waals surface area contributed by atoms with Crippen LogP contribution in [0, 0.1) is 5.92 Å². The molecule has 0 heterocycles. The summed E-state index contributed by atoms with van der Waals surface area (Å²) >= 11 is 0. The van der Waals surface area contributed by atoms with Gasteiger partial charge in [-0.25, -0.2) is 9.59 Å². The summed E-state index contributed by atoms with van der Waals surface area (Å²) in [4.78, 5) is 26.0. The van der Waals surface area contributed by atoms with Gasteiger partial charge in [-0.3, -0.25) is 0 Å². The molecule has 2 aromatic carbocycles. The molecule has 0 saturated heterocycles. The van der Waals surface area contributed by atoms with Crippen molar-refractivity contribution in [2.75, 3.05) is 31.6 Å². The van der Waals surface area contributed by atoms with E-state index >= 15 is 0 Å². The van der Waals surface area contributed by atoms with Crippen LogP contribution in [0.4, 0.5) is 23.7 Å². The maximum absolute atomic E-state index is 13.1. The van der Waals surface area contributed by atoms with Gasteiger partial charge in [-0.05, 0) is 61.6 Å². The van der Waals surface area contributed by atoms with Crippen LogP contribution < -0.4 is 10.1 Å². The monoisotopic (exact) mass is 536 g/mol. The van der Waals surface area contributed by atoms with Gasteiger partial charge >= 0.3 is 18.2 Å². The van der Waals surface area contributed by atoms with E-state index in [1.165, 1.54) is 18.6 Å². The van der Waals surface area contributed by atoms with Gasteiger partial charge in [0.1, 0.15) is 12.4 Å². The van der Waals surface area contributed by atoms with Crippen LogP contribution >= 0.6 is 0 Å². The number of carboxylic acid groups (broad SMARTS) is 1. The summed E-state index contributed by atoms with van der Waals surface area (Å²) in [7, 11) is 0. The predicted molar refractivity (Wildman–Crippen MR) is 137 cm³/mol. The molecule has 0 aliphatic heterocycles. The average molecular weight is 537 g/mol. The zero-order valence-electron chi connectivity index (χ0n) is 21.5. The Kier molecular flexibility index (Phi) is 10.8. The van der Waals surface area contributed by atoms with Gasteiger partial charge in [0, 0.05) is 25.3 Å². The number of urea groups is 1. The lowest BCUT2D eigenvalue weighted by Crippen LogP contribution is -2.41. The van der Waals surface area contributed by atoms with Gasteiger partial charge in [0.15, 0.2) is 6.10 Å². The second kappa shape index (κ2) is 14.0. The molecule has 1 aliphatic carbocycles. The van der Waals surface area contributed by atoms with Gasteiger partial charge in [0.05, 0.1) is 12.1 Å². The third-order valence-electron chi connectivity index (χ3n) is 6.55. The number of nitrogens with zero attached hydrogens (tertiary/aromatic N) is 1. The van der Waals surface area contributed by atoms with Gasteiger partial charge in [0.2, 0.25) is 0 Å². The molecule has 38 heavy (non-hydrogen) atoms. The normalized spacial score (nSPS) is 15.1. The van der Waals surface area contributed by atoms with Gasteiger partial charge in [-0.2, -0.15) is 13.2 Å². The molecular formula is C28H35F3N2O5. The van der Waals surface area contributed by atoms with Crippen molar-refractivity contribution in [1.82, 2.24) is 4.90 Å². The van der Waals surface area contributed by atoms with Gasteiger partial charge in [-0.1, -0.05) is 37.5 Å². The first-order valence-corrected chi connectivity index (χ1v) is 12.9.